The highest BCUT2D eigenvalue weighted by molar-refractivity contribution is 6.30. The van der Waals surface area contributed by atoms with Gasteiger partial charge in [0.05, 0.1) is 17.4 Å². The van der Waals surface area contributed by atoms with Gasteiger partial charge in [-0.05, 0) is 65.7 Å². The lowest BCUT2D eigenvalue weighted by molar-refractivity contribution is 0.628. The Bertz CT molecular complexity index is 1610. The minimum atomic E-state index is -0.365. The summed E-state index contributed by atoms with van der Waals surface area (Å²) in [7, 11) is 0. The van der Waals surface area contributed by atoms with E-state index in [1.165, 1.54) is 23.3 Å². The van der Waals surface area contributed by atoms with Gasteiger partial charge >= 0.3 is 0 Å². The molecular formula is C27H17ClFN5. The second kappa shape index (κ2) is 8.29. The summed E-state index contributed by atoms with van der Waals surface area (Å²) in [5.74, 6) is 6.41. The van der Waals surface area contributed by atoms with Crippen molar-refractivity contribution in [3.8, 4) is 23.1 Å². The van der Waals surface area contributed by atoms with E-state index in [0.29, 0.717) is 40.9 Å². The highest BCUT2D eigenvalue weighted by Crippen LogP contribution is 2.29. The molecule has 0 radical (unpaired) electrons. The van der Waals surface area contributed by atoms with Crippen LogP contribution in [0.5, 0.6) is 0 Å². The molecule has 0 spiro atoms. The van der Waals surface area contributed by atoms with E-state index in [-0.39, 0.29) is 5.82 Å². The van der Waals surface area contributed by atoms with E-state index in [9.17, 15) is 4.39 Å². The van der Waals surface area contributed by atoms with Crippen LogP contribution in [0.15, 0.2) is 73.1 Å². The first kappa shape index (κ1) is 20.4. The SMILES string of the molecule is Fc1cc(C#Cc2ccc3[nH]ncc3c2)cc(-c2ccnc(N3Cc4ccc(Cl)cc4C3)n2)c1. The molecule has 3 aromatic carbocycles. The number of aromatic nitrogens is 4. The molecule has 0 amide bonds. The number of hydrogen-bond donors (Lipinski definition) is 1. The zero-order valence-corrected chi connectivity index (χ0v) is 18.6. The standard InChI is InChI=1S/C27H17ClFN5/c28-23-5-4-19-15-34(16-22(19)12-23)27-30-8-7-25(32-27)20-10-18(11-24(29)13-20)2-1-17-3-6-26-21(9-17)14-31-33-26/h3-14H,15-16H2,(H,31,33). The van der Waals surface area contributed by atoms with E-state index in [4.69, 9.17) is 16.6 Å². The number of anilines is 1. The van der Waals surface area contributed by atoms with Crippen LogP contribution in [0.25, 0.3) is 22.2 Å². The van der Waals surface area contributed by atoms with Gasteiger partial charge in [-0.2, -0.15) is 5.10 Å². The third-order valence-corrected chi connectivity index (χ3v) is 6.04. The Labute approximate surface area is 200 Å². The summed E-state index contributed by atoms with van der Waals surface area (Å²) < 4.78 is 14.5. The van der Waals surface area contributed by atoms with Crippen molar-refractivity contribution in [2.75, 3.05) is 4.90 Å². The van der Waals surface area contributed by atoms with Crippen molar-refractivity contribution in [3.63, 3.8) is 0 Å². The maximum atomic E-state index is 14.5. The zero-order chi connectivity index (χ0) is 23.1. The van der Waals surface area contributed by atoms with E-state index in [0.717, 1.165) is 16.5 Å². The minimum absolute atomic E-state index is 0.365. The quantitative estimate of drug-likeness (QED) is 0.338. The maximum Gasteiger partial charge on any atom is 0.226 e. The number of benzene rings is 3. The van der Waals surface area contributed by atoms with E-state index in [1.54, 1.807) is 18.5 Å². The molecule has 0 saturated carbocycles. The predicted octanol–water partition coefficient (Wildman–Crippen LogP) is 5.73. The lowest BCUT2D eigenvalue weighted by Gasteiger charge is -2.15. The molecule has 0 aliphatic carbocycles. The summed E-state index contributed by atoms with van der Waals surface area (Å²) in [6.45, 7) is 1.39. The summed E-state index contributed by atoms with van der Waals surface area (Å²) >= 11 is 6.14. The van der Waals surface area contributed by atoms with Gasteiger partial charge in [0.25, 0.3) is 0 Å². The van der Waals surface area contributed by atoms with Crippen LogP contribution in [0.2, 0.25) is 5.02 Å². The molecule has 6 rings (SSSR count). The van der Waals surface area contributed by atoms with Gasteiger partial charge in [-0.3, -0.25) is 5.10 Å². The van der Waals surface area contributed by atoms with Crippen molar-refractivity contribution in [1.82, 2.24) is 20.2 Å². The fraction of sp³-hybridized carbons (Fsp3) is 0.0741. The molecule has 2 aromatic heterocycles. The lowest BCUT2D eigenvalue weighted by Crippen LogP contribution is -2.17. The van der Waals surface area contributed by atoms with Gasteiger partial charge in [0.15, 0.2) is 0 Å². The minimum Gasteiger partial charge on any atom is -0.332 e. The van der Waals surface area contributed by atoms with E-state index >= 15 is 0 Å². The summed E-state index contributed by atoms with van der Waals surface area (Å²) in [5.41, 5.74) is 6.01. The third-order valence-electron chi connectivity index (χ3n) is 5.80. The number of H-pyrrole nitrogens is 1. The molecule has 7 heteroatoms. The van der Waals surface area contributed by atoms with Crippen LogP contribution in [0.4, 0.5) is 10.3 Å². The Hall–Kier alpha value is -4.21. The Morgan fingerprint density at radius 2 is 1.79 bits per heavy atom. The monoisotopic (exact) mass is 465 g/mol. The van der Waals surface area contributed by atoms with Crippen molar-refractivity contribution >= 4 is 28.5 Å². The first-order valence-electron chi connectivity index (χ1n) is 10.7. The summed E-state index contributed by atoms with van der Waals surface area (Å²) in [6.07, 6.45) is 3.45. The van der Waals surface area contributed by atoms with Crippen LogP contribution in [-0.4, -0.2) is 20.2 Å². The molecular weight excluding hydrogens is 449 g/mol. The number of nitrogens with one attached hydrogen (secondary N) is 1. The Balaban J connectivity index is 1.29. The normalized spacial score (nSPS) is 12.5. The summed E-state index contributed by atoms with van der Waals surface area (Å²) in [6, 6.07) is 18.2. The second-order valence-corrected chi connectivity index (χ2v) is 8.60. The van der Waals surface area contributed by atoms with Gasteiger partial charge in [-0.15, -0.1) is 0 Å². The van der Waals surface area contributed by atoms with Gasteiger partial charge in [-0.25, -0.2) is 14.4 Å². The van der Waals surface area contributed by atoms with Crippen molar-refractivity contribution in [3.05, 3.63) is 106 Å². The number of rotatable bonds is 2. The third kappa shape index (κ3) is 3.98. The molecule has 164 valence electrons. The molecule has 3 heterocycles. The van der Waals surface area contributed by atoms with Gasteiger partial charge in [0.2, 0.25) is 5.95 Å². The van der Waals surface area contributed by atoms with Crippen molar-refractivity contribution in [1.29, 1.82) is 0 Å². The molecule has 5 aromatic rings. The van der Waals surface area contributed by atoms with Crippen molar-refractivity contribution in [2.24, 2.45) is 0 Å². The molecule has 0 saturated heterocycles. The fourth-order valence-electron chi connectivity index (χ4n) is 4.14. The molecule has 34 heavy (non-hydrogen) atoms. The highest BCUT2D eigenvalue weighted by Gasteiger charge is 2.21. The second-order valence-electron chi connectivity index (χ2n) is 8.16. The van der Waals surface area contributed by atoms with Gasteiger partial charge in [0.1, 0.15) is 5.82 Å². The average Bonchev–Trinajstić information content (AvgIpc) is 3.49. The van der Waals surface area contributed by atoms with Crippen LogP contribution in [0, 0.1) is 17.7 Å². The number of fused-ring (bicyclic) bond motifs is 2. The van der Waals surface area contributed by atoms with Gasteiger partial charge < -0.3 is 4.90 Å². The van der Waals surface area contributed by atoms with Crippen LogP contribution >= 0.6 is 11.6 Å². The van der Waals surface area contributed by atoms with Crippen molar-refractivity contribution < 1.29 is 4.39 Å². The molecule has 0 fully saturated rings. The maximum absolute atomic E-state index is 14.5. The van der Waals surface area contributed by atoms with E-state index < -0.39 is 0 Å². The summed E-state index contributed by atoms with van der Waals surface area (Å²) in [4.78, 5) is 11.2. The van der Waals surface area contributed by atoms with Crippen LogP contribution in [0.1, 0.15) is 22.3 Å². The Morgan fingerprint density at radius 1 is 0.912 bits per heavy atom. The lowest BCUT2D eigenvalue weighted by atomic mass is 10.1. The number of aromatic amines is 1. The molecule has 0 bridgehead atoms. The molecule has 1 aliphatic heterocycles. The van der Waals surface area contributed by atoms with E-state index in [1.807, 2.05) is 42.5 Å². The fourth-order valence-corrected chi connectivity index (χ4v) is 4.34. The number of halogens is 2. The molecule has 0 unspecified atom stereocenters. The Morgan fingerprint density at radius 3 is 2.74 bits per heavy atom. The average molecular weight is 466 g/mol. The first-order valence-corrected chi connectivity index (χ1v) is 11.1. The smallest absolute Gasteiger partial charge is 0.226 e. The van der Waals surface area contributed by atoms with Crippen LogP contribution < -0.4 is 4.90 Å². The number of hydrogen-bond acceptors (Lipinski definition) is 4. The first-order chi connectivity index (χ1) is 16.6. The van der Waals surface area contributed by atoms with Gasteiger partial charge in [0, 0.05) is 46.4 Å². The topological polar surface area (TPSA) is 57.7 Å². The molecule has 1 aliphatic rings. The molecule has 0 atom stereocenters. The van der Waals surface area contributed by atoms with Crippen LogP contribution in [-0.2, 0) is 13.1 Å². The predicted molar refractivity (Wildman–Crippen MR) is 131 cm³/mol. The zero-order valence-electron chi connectivity index (χ0n) is 17.9. The molecule has 1 N–H and O–H groups in total. The molecule has 5 nitrogen and oxygen atoms in total. The largest absolute Gasteiger partial charge is 0.332 e. The van der Waals surface area contributed by atoms with Crippen LogP contribution in [0.3, 0.4) is 0 Å². The van der Waals surface area contributed by atoms with Crippen molar-refractivity contribution in [2.45, 2.75) is 13.1 Å². The van der Waals surface area contributed by atoms with Gasteiger partial charge in [-0.1, -0.05) is 29.5 Å². The number of nitrogens with zero attached hydrogens (tertiary/aromatic N) is 4. The highest BCUT2D eigenvalue weighted by atomic mass is 35.5. The Kier molecular flexibility index (Phi) is 4.97. The van der Waals surface area contributed by atoms with E-state index in [2.05, 4.69) is 31.9 Å². The summed E-state index contributed by atoms with van der Waals surface area (Å²) in [5, 5.41) is 8.64.